The summed E-state index contributed by atoms with van der Waals surface area (Å²) in [6.45, 7) is 1.50. The molecule has 0 heterocycles. The molecule has 3 heteroatoms. The Morgan fingerprint density at radius 3 is 2.80 bits per heavy atom. The summed E-state index contributed by atoms with van der Waals surface area (Å²) in [5.41, 5.74) is 0.936. The number of benzene rings is 1. The Kier molecular flexibility index (Phi) is 3.92. The first-order valence-electron chi connectivity index (χ1n) is 4.66. The lowest BCUT2D eigenvalue weighted by molar-refractivity contribution is -0.112. The van der Waals surface area contributed by atoms with E-state index in [2.05, 4.69) is 0 Å². The lowest BCUT2D eigenvalue weighted by Gasteiger charge is -2.04. The zero-order chi connectivity index (χ0) is 11.3. The van der Waals surface area contributed by atoms with Gasteiger partial charge in [-0.15, -0.1) is 0 Å². The van der Waals surface area contributed by atoms with Crippen LogP contribution >= 0.6 is 0 Å². The van der Waals surface area contributed by atoms with Crippen molar-refractivity contribution < 1.29 is 14.6 Å². The first kappa shape index (κ1) is 11.3. The van der Waals surface area contributed by atoms with Gasteiger partial charge in [0.05, 0.1) is 7.11 Å². The van der Waals surface area contributed by atoms with E-state index in [1.807, 2.05) is 6.07 Å². The van der Waals surface area contributed by atoms with Crippen LogP contribution in [0.2, 0.25) is 0 Å². The van der Waals surface area contributed by atoms with Crippen molar-refractivity contribution in [2.45, 2.75) is 13.3 Å². The topological polar surface area (TPSA) is 46.5 Å². The van der Waals surface area contributed by atoms with Gasteiger partial charge in [0.25, 0.3) is 0 Å². The zero-order valence-corrected chi connectivity index (χ0v) is 8.86. The molecule has 0 fully saturated rings. The fourth-order valence-corrected chi connectivity index (χ4v) is 1.22. The number of aromatic hydroxyl groups is 1. The summed E-state index contributed by atoms with van der Waals surface area (Å²) in [6, 6.07) is 5.18. The van der Waals surface area contributed by atoms with Crippen molar-refractivity contribution >= 4 is 5.78 Å². The van der Waals surface area contributed by atoms with E-state index >= 15 is 0 Å². The highest BCUT2D eigenvalue weighted by Gasteiger charge is 2.00. The number of ether oxygens (including phenoxy) is 1. The van der Waals surface area contributed by atoms with Crippen LogP contribution in [0.5, 0.6) is 11.5 Å². The number of hydrogen-bond acceptors (Lipinski definition) is 3. The van der Waals surface area contributed by atoms with Gasteiger partial charge in [-0.2, -0.15) is 0 Å². The molecule has 1 rings (SSSR count). The molecule has 0 aromatic heterocycles. The number of allylic oxidation sites excluding steroid dienone is 2. The molecule has 1 aromatic carbocycles. The van der Waals surface area contributed by atoms with Gasteiger partial charge < -0.3 is 9.84 Å². The summed E-state index contributed by atoms with van der Waals surface area (Å²) in [6.07, 6.45) is 3.90. The van der Waals surface area contributed by atoms with E-state index in [0.29, 0.717) is 12.2 Å². The molecule has 0 amide bonds. The number of methoxy groups -OCH3 is 1. The van der Waals surface area contributed by atoms with E-state index < -0.39 is 0 Å². The number of phenols is 1. The third-order valence-electron chi connectivity index (χ3n) is 1.95. The maximum atomic E-state index is 10.6. The molecule has 0 radical (unpaired) electrons. The second kappa shape index (κ2) is 5.20. The molecule has 80 valence electrons. The predicted octanol–water partition coefficient (Wildman–Crippen LogP) is 2.09. The lowest BCUT2D eigenvalue weighted by Crippen LogP contribution is -1.87. The molecule has 0 bridgehead atoms. The Morgan fingerprint density at radius 2 is 2.27 bits per heavy atom. The second-order valence-electron chi connectivity index (χ2n) is 3.22. The fourth-order valence-electron chi connectivity index (χ4n) is 1.22. The summed E-state index contributed by atoms with van der Waals surface area (Å²) < 4.78 is 4.92. The van der Waals surface area contributed by atoms with Crippen LogP contribution in [0.1, 0.15) is 12.5 Å². The molecular weight excluding hydrogens is 192 g/mol. The van der Waals surface area contributed by atoms with Gasteiger partial charge in [-0.1, -0.05) is 12.1 Å². The van der Waals surface area contributed by atoms with Crippen LogP contribution in [0.25, 0.3) is 0 Å². The first-order chi connectivity index (χ1) is 7.13. The number of ketones is 1. The van der Waals surface area contributed by atoms with Crippen molar-refractivity contribution in [2.24, 2.45) is 0 Å². The van der Waals surface area contributed by atoms with Crippen LogP contribution in [-0.2, 0) is 11.2 Å². The summed E-state index contributed by atoms with van der Waals surface area (Å²) >= 11 is 0. The molecular formula is C12H14O3. The Labute approximate surface area is 89.0 Å². The SMILES string of the molecule is COc1ccc(CC=CC(C)=O)cc1O. The molecule has 0 aliphatic heterocycles. The van der Waals surface area contributed by atoms with E-state index in [1.165, 1.54) is 20.1 Å². The van der Waals surface area contributed by atoms with Crippen molar-refractivity contribution in [1.82, 2.24) is 0 Å². The molecule has 0 saturated heterocycles. The van der Waals surface area contributed by atoms with Gasteiger partial charge in [0.2, 0.25) is 0 Å². The summed E-state index contributed by atoms with van der Waals surface area (Å²) in [5.74, 6) is 0.591. The van der Waals surface area contributed by atoms with E-state index in [4.69, 9.17) is 4.74 Å². The van der Waals surface area contributed by atoms with Crippen molar-refractivity contribution in [3.05, 3.63) is 35.9 Å². The van der Waals surface area contributed by atoms with Crippen molar-refractivity contribution in [1.29, 1.82) is 0 Å². The monoisotopic (exact) mass is 206 g/mol. The third-order valence-corrected chi connectivity index (χ3v) is 1.95. The van der Waals surface area contributed by atoms with Gasteiger partial charge in [-0.3, -0.25) is 4.79 Å². The van der Waals surface area contributed by atoms with Crippen molar-refractivity contribution in [3.63, 3.8) is 0 Å². The normalized spacial score (nSPS) is 10.5. The zero-order valence-electron chi connectivity index (χ0n) is 8.86. The maximum Gasteiger partial charge on any atom is 0.160 e. The third kappa shape index (κ3) is 3.46. The van der Waals surface area contributed by atoms with Crippen molar-refractivity contribution in [3.8, 4) is 11.5 Å². The van der Waals surface area contributed by atoms with E-state index in [-0.39, 0.29) is 11.5 Å². The molecule has 0 spiro atoms. The van der Waals surface area contributed by atoms with Crippen LogP contribution in [0.15, 0.2) is 30.4 Å². The Bertz CT molecular complexity index is 380. The number of phenolic OH excluding ortho intramolecular Hbond substituents is 1. The van der Waals surface area contributed by atoms with E-state index in [1.54, 1.807) is 18.2 Å². The fraction of sp³-hybridized carbons (Fsp3) is 0.250. The van der Waals surface area contributed by atoms with Gasteiger partial charge in [0.15, 0.2) is 17.3 Å². The molecule has 15 heavy (non-hydrogen) atoms. The Balaban J connectivity index is 2.71. The molecule has 3 nitrogen and oxygen atoms in total. The summed E-state index contributed by atoms with van der Waals surface area (Å²) in [4.78, 5) is 10.6. The largest absolute Gasteiger partial charge is 0.504 e. The van der Waals surface area contributed by atoms with Crippen molar-refractivity contribution in [2.75, 3.05) is 7.11 Å². The molecule has 1 N–H and O–H groups in total. The van der Waals surface area contributed by atoms with Crippen LogP contribution in [0.4, 0.5) is 0 Å². The summed E-state index contributed by atoms with van der Waals surface area (Å²) in [5, 5.41) is 9.48. The Hall–Kier alpha value is -1.77. The smallest absolute Gasteiger partial charge is 0.160 e. The minimum Gasteiger partial charge on any atom is -0.504 e. The molecule has 1 aromatic rings. The molecule has 0 aliphatic rings. The minimum atomic E-state index is 0.0210. The van der Waals surface area contributed by atoms with Gasteiger partial charge in [-0.05, 0) is 37.1 Å². The summed E-state index contributed by atoms with van der Waals surface area (Å²) in [7, 11) is 1.50. The standard InChI is InChI=1S/C12H14O3/c1-9(13)4-3-5-10-6-7-12(15-2)11(14)8-10/h3-4,6-8,14H,5H2,1-2H3. The highest BCUT2D eigenvalue weighted by molar-refractivity contribution is 5.87. The average molecular weight is 206 g/mol. The van der Waals surface area contributed by atoms with Crippen LogP contribution in [0.3, 0.4) is 0 Å². The molecule has 0 aliphatic carbocycles. The number of rotatable bonds is 4. The van der Waals surface area contributed by atoms with Gasteiger partial charge >= 0.3 is 0 Å². The van der Waals surface area contributed by atoms with Gasteiger partial charge in [0.1, 0.15) is 0 Å². The molecule has 0 unspecified atom stereocenters. The average Bonchev–Trinajstić information content (AvgIpc) is 2.17. The van der Waals surface area contributed by atoms with Crippen LogP contribution < -0.4 is 4.74 Å². The van der Waals surface area contributed by atoms with Gasteiger partial charge in [0, 0.05) is 0 Å². The van der Waals surface area contributed by atoms with E-state index in [9.17, 15) is 9.90 Å². The Morgan fingerprint density at radius 1 is 1.53 bits per heavy atom. The van der Waals surface area contributed by atoms with E-state index in [0.717, 1.165) is 5.56 Å². The first-order valence-corrected chi connectivity index (χ1v) is 4.66. The lowest BCUT2D eigenvalue weighted by atomic mass is 10.1. The molecule has 0 saturated carbocycles. The van der Waals surface area contributed by atoms with Gasteiger partial charge in [-0.25, -0.2) is 0 Å². The minimum absolute atomic E-state index is 0.0210. The molecule has 0 atom stereocenters. The van der Waals surface area contributed by atoms with Crippen LogP contribution in [0, 0.1) is 0 Å². The highest BCUT2D eigenvalue weighted by Crippen LogP contribution is 2.26. The predicted molar refractivity (Wildman–Crippen MR) is 58.2 cm³/mol. The number of hydrogen-bond donors (Lipinski definition) is 1. The number of carbonyl (C=O) groups excluding carboxylic acids is 1. The number of carbonyl (C=O) groups is 1. The maximum absolute atomic E-state index is 10.6. The second-order valence-corrected chi connectivity index (χ2v) is 3.22. The quantitative estimate of drug-likeness (QED) is 0.767. The van der Waals surface area contributed by atoms with Crippen LogP contribution in [-0.4, -0.2) is 18.0 Å². The highest BCUT2D eigenvalue weighted by atomic mass is 16.5.